The number of thioether (sulfide) groups is 1. The molecule has 0 aliphatic carbocycles. The van der Waals surface area contributed by atoms with E-state index in [9.17, 15) is 18.0 Å². The standard InChI is InChI=1S/C13H17N3O4S3/c17-11-9-15(3-2-14-11)13(18)12-10(1-6-22-12)23(19,20)16-4-7-21-8-5-16/h1,6H,2-5,7-9H2,(H,14,17). The van der Waals surface area contributed by atoms with Crippen LogP contribution in [0.15, 0.2) is 16.3 Å². The Bertz CT molecular complexity index is 710. The Hall–Kier alpha value is -1.10. The van der Waals surface area contributed by atoms with Gasteiger partial charge in [-0.2, -0.15) is 16.1 Å². The van der Waals surface area contributed by atoms with Crippen LogP contribution in [-0.4, -0.2) is 73.7 Å². The van der Waals surface area contributed by atoms with Crippen LogP contribution in [0.2, 0.25) is 0 Å². The van der Waals surface area contributed by atoms with Crippen molar-refractivity contribution in [1.29, 1.82) is 0 Å². The van der Waals surface area contributed by atoms with E-state index in [1.165, 1.54) is 15.3 Å². The molecule has 126 valence electrons. The van der Waals surface area contributed by atoms with Gasteiger partial charge in [0.25, 0.3) is 5.91 Å². The molecule has 0 radical (unpaired) electrons. The first kappa shape index (κ1) is 16.7. The molecule has 1 aromatic heterocycles. The molecule has 0 bridgehead atoms. The maximum atomic E-state index is 12.8. The average Bonchev–Trinajstić information content (AvgIpc) is 3.05. The third-order valence-corrected chi connectivity index (χ3v) is 7.65. The minimum Gasteiger partial charge on any atom is -0.353 e. The van der Waals surface area contributed by atoms with Crippen molar-refractivity contribution >= 4 is 44.9 Å². The van der Waals surface area contributed by atoms with E-state index in [0.717, 1.165) is 22.8 Å². The normalized spacial score (nSPS) is 20.3. The summed E-state index contributed by atoms with van der Waals surface area (Å²) in [7, 11) is -3.66. The number of hydrogen-bond donors (Lipinski definition) is 1. The molecule has 10 heteroatoms. The largest absolute Gasteiger partial charge is 0.353 e. The molecule has 2 fully saturated rings. The molecular formula is C13H17N3O4S3. The van der Waals surface area contributed by atoms with Crippen molar-refractivity contribution in [3.63, 3.8) is 0 Å². The van der Waals surface area contributed by atoms with Gasteiger partial charge in [0.15, 0.2) is 0 Å². The number of carbonyl (C=O) groups is 2. The van der Waals surface area contributed by atoms with E-state index in [1.54, 1.807) is 17.1 Å². The van der Waals surface area contributed by atoms with Crippen LogP contribution in [0.4, 0.5) is 0 Å². The minimum absolute atomic E-state index is 0.0312. The number of amides is 2. The van der Waals surface area contributed by atoms with E-state index in [2.05, 4.69) is 5.32 Å². The third-order valence-electron chi connectivity index (χ3n) is 3.74. The first-order valence-electron chi connectivity index (χ1n) is 7.21. The summed E-state index contributed by atoms with van der Waals surface area (Å²) in [6.07, 6.45) is 0. The summed E-state index contributed by atoms with van der Waals surface area (Å²) in [4.78, 5) is 25.7. The highest BCUT2D eigenvalue weighted by Crippen LogP contribution is 2.28. The summed E-state index contributed by atoms with van der Waals surface area (Å²) in [5.41, 5.74) is 0. The summed E-state index contributed by atoms with van der Waals surface area (Å²) in [6, 6.07) is 1.49. The van der Waals surface area contributed by atoms with Gasteiger partial charge in [0.2, 0.25) is 15.9 Å². The van der Waals surface area contributed by atoms with Gasteiger partial charge in [0.1, 0.15) is 9.77 Å². The fourth-order valence-electron chi connectivity index (χ4n) is 2.54. The zero-order chi connectivity index (χ0) is 16.4. The maximum absolute atomic E-state index is 12.8. The van der Waals surface area contributed by atoms with Crippen LogP contribution in [0.1, 0.15) is 9.67 Å². The van der Waals surface area contributed by atoms with Crippen molar-refractivity contribution < 1.29 is 18.0 Å². The fraction of sp³-hybridized carbons (Fsp3) is 0.538. The predicted octanol–water partition coefficient (Wildman–Crippen LogP) is 0.0576. The first-order chi connectivity index (χ1) is 11.0. The van der Waals surface area contributed by atoms with Crippen LogP contribution in [0.3, 0.4) is 0 Å². The molecule has 0 spiro atoms. The van der Waals surface area contributed by atoms with Crippen molar-refractivity contribution in [3.8, 4) is 0 Å². The van der Waals surface area contributed by atoms with Gasteiger partial charge in [-0.1, -0.05) is 0 Å². The summed E-state index contributed by atoms with van der Waals surface area (Å²) in [6.45, 7) is 1.67. The van der Waals surface area contributed by atoms with Crippen LogP contribution >= 0.6 is 23.1 Å². The molecule has 3 rings (SSSR count). The number of hydrogen-bond acceptors (Lipinski definition) is 6. The third kappa shape index (κ3) is 3.39. The summed E-state index contributed by atoms with van der Waals surface area (Å²) >= 11 is 2.83. The molecule has 0 saturated carbocycles. The quantitative estimate of drug-likeness (QED) is 0.807. The SMILES string of the molecule is O=C1CN(C(=O)c2sccc2S(=O)(=O)N2CCSCC2)CCN1. The van der Waals surface area contributed by atoms with Gasteiger partial charge in [0, 0.05) is 37.7 Å². The second kappa shape index (κ2) is 6.80. The van der Waals surface area contributed by atoms with Crippen LogP contribution in [-0.2, 0) is 14.8 Å². The van der Waals surface area contributed by atoms with Crippen LogP contribution in [0.5, 0.6) is 0 Å². The Labute approximate surface area is 143 Å². The number of thiophene rings is 1. The molecule has 2 aliphatic heterocycles. The number of nitrogens with one attached hydrogen (secondary N) is 1. The Morgan fingerprint density at radius 1 is 1.22 bits per heavy atom. The summed E-state index contributed by atoms with van der Waals surface area (Å²) in [5.74, 6) is 0.913. The molecule has 2 saturated heterocycles. The van der Waals surface area contributed by atoms with E-state index in [-0.39, 0.29) is 28.1 Å². The van der Waals surface area contributed by atoms with Crippen molar-refractivity contribution in [2.45, 2.75) is 4.90 Å². The van der Waals surface area contributed by atoms with Crippen molar-refractivity contribution in [2.75, 3.05) is 44.2 Å². The lowest BCUT2D eigenvalue weighted by atomic mass is 10.3. The number of sulfonamides is 1. The molecule has 1 N–H and O–H groups in total. The highest BCUT2D eigenvalue weighted by molar-refractivity contribution is 7.99. The van der Waals surface area contributed by atoms with Gasteiger partial charge in [0.05, 0.1) is 6.54 Å². The summed E-state index contributed by atoms with van der Waals surface area (Å²) < 4.78 is 27.0. The lowest BCUT2D eigenvalue weighted by Gasteiger charge is -2.28. The Morgan fingerprint density at radius 2 is 1.96 bits per heavy atom. The Balaban J connectivity index is 1.86. The van der Waals surface area contributed by atoms with Gasteiger partial charge < -0.3 is 10.2 Å². The van der Waals surface area contributed by atoms with Gasteiger partial charge in [-0.25, -0.2) is 8.42 Å². The maximum Gasteiger partial charge on any atom is 0.265 e. The molecule has 0 aromatic carbocycles. The number of rotatable bonds is 3. The molecule has 0 atom stereocenters. The van der Waals surface area contributed by atoms with Crippen LogP contribution in [0, 0.1) is 0 Å². The monoisotopic (exact) mass is 375 g/mol. The van der Waals surface area contributed by atoms with Crippen LogP contribution < -0.4 is 5.32 Å². The zero-order valence-corrected chi connectivity index (χ0v) is 14.8. The first-order valence-corrected chi connectivity index (χ1v) is 10.7. The van der Waals surface area contributed by atoms with E-state index in [4.69, 9.17) is 0 Å². The fourth-order valence-corrected chi connectivity index (χ4v) is 6.48. The Morgan fingerprint density at radius 3 is 2.65 bits per heavy atom. The molecular weight excluding hydrogens is 358 g/mol. The van der Waals surface area contributed by atoms with E-state index >= 15 is 0 Å². The topological polar surface area (TPSA) is 86.8 Å². The van der Waals surface area contributed by atoms with Gasteiger partial charge in [-0.3, -0.25) is 9.59 Å². The molecule has 1 aromatic rings. The highest BCUT2D eigenvalue weighted by atomic mass is 32.2. The molecule has 2 aliphatic rings. The minimum atomic E-state index is -3.66. The second-order valence-corrected chi connectivity index (χ2v) is 9.25. The van der Waals surface area contributed by atoms with E-state index in [0.29, 0.717) is 26.2 Å². The number of carbonyl (C=O) groups excluding carboxylic acids is 2. The smallest absolute Gasteiger partial charge is 0.265 e. The van der Waals surface area contributed by atoms with Crippen molar-refractivity contribution in [2.24, 2.45) is 0 Å². The Kier molecular flexibility index (Phi) is 4.95. The molecule has 0 unspecified atom stereocenters. The van der Waals surface area contributed by atoms with Crippen molar-refractivity contribution in [3.05, 3.63) is 16.3 Å². The lowest BCUT2D eigenvalue weighted by molar-refractivity contribution is -0.123. The second-order valence-electron chi connectivity index (χ2n) is 5.21. The van der Waals surface area contributed by atoms with Gasteiger partial charge in [-0.05, 0) is 11.4 Å². The molecule has 3 heterocycles. The number of nitrogens with zero attached hydrogens (tertiary/aromatic N) is 2. The lowest BCUT2D eigenvalue weighted by Crippen LogP contribution is -2.50. The average molecular weight is 375 g/mol. The highest BCUT2D eigenvalue weighted by Gasteiger charge is 2.33. The van der Waals surface area contributed by atoms with Crippen molar-refractivity contribution in [1.82, 2.24) is 14.5 Å². The molecule has 23 heavy (non-hydrogen) atoms. The van der Waals surface area contributed by atoms with Gasteiger partial charge >= 0.3 is 0 Å². The predicted molar refractivity (Wildman–Crippen MR) is 89.3 cm³/mol. The number of piperazine rings is 1. The van der Waals surface area contributed by atoms with E-state index in [1.807, 2.05) is 0 Å². The van der Waals surface area contributed by atoms with Gasteiger partial charge in [-0.15, -0.1) is 11.3 Å². The molecule has 2 amide bonds. The zero-order valence-electron chi connectivity index (χ0n) is 12.4. The van der Waals surface area contributed by atoms with E-state index < -0.39 is 10.0 Å². The van der Waals surface area contributed by atoms with Crippen LogP contribution in [0.25, 0.3) is 0 Å². The molecule has 7 nitrogen and oxygen atoms in total. The summed E-state index contributed by atoms with van der Waals surface area (Å²) in [5, 5.41) is 4.26.